The maximum absolute atomic E-state index is 12.9. The topological polar surface area (TPSA) is 210 Å². The van der Waals surface area contributed by atoms with Gasteiger partial charge in [-0.15, -0.1) is 0 Å². The highest BCUT2D eigenvalue weighted by atomic mass is 31.2. The fraction of sp³-hybridized carbons (Fsp3) is 0.930. The Morgan fingerprint density at radius 1 is 0.423 bits per heavy atom. The van der Waals surface area contributed by atoms with E-state index in [0.29, 0.717) is 12.8 Å². The van der Waals surface area contributed by atoms with E-state index in [9.17, 15) is 44.6 Å². The highest BCUT2D eigenvalue weighted by Crippen LogP contribution is 2.47. The molecule has 0 saturated heterocycles. The zero-order valence-corrected chi connectivity index (χ0v) is 46.2. The number of carbonyl (C=O) groups is 2. The lowest BCUT2D eigenvalue weighted by Gasteiger charge is -2.41. The van der Waals surface area contributed by atoms with Gasteiger partial charge in [-0.05, 0) is 38.5 Å². The third-order valence-corrected chi connectivity index (χ3v) is 15.1. The van der Waals surface area contributed by atoms with Gasteiger partial charge in [0, 0.05) is 12.8 Å². The minimum absolute atomic E-state index is 0.0994. The summed E-state index contributed by atoms with van der Waals surface area (Å²) in [5.74, 6) is -1.08. The van der Waals surface area contributed by atoms with Crippen molar-refractivity contribution in [3.63, 3.8) is 0 Å². The molecule has 0 spiro atoms. The second-order valence-corrected chi connectivity index (χ2v) is 22.3. The normalized spacial score (nSPS) is 20.6. The van der Waals surface area contributed by atoms with Gasteiger partial charge in [-0.25, -0.2) is 4.57 Å². The summed E-state index contributed by atoms with van der Waals surface area (Å²) >= 11 is 0. The van der Waals surface area contributed by atoms with Crippen molar-refractivity contribution in [2.24, 2.45) is 0 Å². The first-order valence-corrected chi connectivity index (χ1v) is 31.0. The molecule has 1 aliphatic carbocycles. The fourth-order valence-corrected chi connectivity index (χ4v) is 10.4. The third-order valence-electron chi connectivity index (χ3n) is 14.1. The lowest BCUT2D eigenvalue weighted by atomic mass is 9.85. The molecule has 71 heavy (non-hydrogen) atoms. The van der Waals surface area contributed by atoms with Crippen LogP contribution in [-0.4, -0.2) is 98.3 Å². The van der Waals surface area contributed by atoms with Gasteiger partial charge in [-0.1, -0.05) is 244 Å². The molecule has 6 N–H and O–H groups in total. The Kier molecular flexibility index (Phi) is 44.8. The number of aliphatic hydroxyl groups is 5. The van der Waals surface area contributed by atoms with Crippen LogP contribution >= 0.6 is 7.82 Å². The summed E-state index contributed by atoms with van der Waals surface area (Å²) in [4.78, 5) is 36.0. The summed E-state index contributed by atoms with van der Waals surface area (Å²) in [7, 11) is -5.12. The molecule has 0 aromatic rings. The molecule has 0 aromatic heterocycles. The smallest absolute Gasteiger partial charge is 0.462 e. The van der Waals surface area contributed by atoms with Crippen LogP contribution in [-0.2, 0) is 32.7 Å². The van der Waals surface area contributed by atoms with E-state index in [1.165, 1.54) is 193 Å². The zero-order chi connectivity index (χ0) is 52.1. The van der Waals surface area contributed by atoms with Crippen LogP contribution in [0.15, 0.2) is 12.2 Å². The minimum atomic E-state index is -5.12. The van der Waals surface area contributed by atoms with Crippen molar-refractivity contribution in [2.45, 2.75) is 326 Å². The lowest BCUT2D eigenvalue weighted by Crippen LogP contribution is -2.64. The van der Waals surface area contributed by atoms with E-state index < -0.39 is 75.7 Å². The van der Waals surface area contributed by atoms with E-state index in [-0.39, 0.29) is 12.8 Å². The Balaban J connectivity index is 2.30. The van der Waals surface area contributed by atoms with Gasteiger partial charge in [0.1, 0.15) is 43.2 Å². The maximum atomic E-state index is 12.9. The molecule has 1 aliphatic rings. The first-order chi connectivity index (χ1) is 34.4. The van der Waals surface area contributed by atoms with Crippen molar-refractivity contribution in [1.82, 2.24) is 0 Å². The van der Waals surface area contributed by atoms with Gasteiger partial charge in [-0.2, -0.15) is 0 Å². The van der Waals surface area contributed by atoms with Crippen LogP contribution in [0.1, 0.15) is 284 Å². The molecule has 0 bridgehead atoms. The van der Waals surface area contributed by atoms with E-state index in [4.69, 9.17) is 18.5 Å². The second kappa shape index (κ2) is 47.1. The Bertz CT molecular complexity index is 1290. The molecule has 0 heterocycles. The molecule has 1 rings (SSSR count). The van der Waals surface area contributed by atoms with Crippen molar-refractivity contribution in [1.29, 1.82) is 0 Å². The summed E-state index contributed by atoms with van der Waals surface area (Å²) < 4.78 is 33.8. The number of allylic oxidation sites excluding steroid dienone is 2. The van der Waals surface area contributed by atoms with Crippen LogP contribution in [0.25, 0.3) is 0 Å². The van der Waals surface area contributed by atoms with Crippen molar-refractivity contribution in [2.75, 3.05) is 13.2 Å². The fourth-order valence-electron chi connectivity index (χ4n) is 9.40. The van der Waals surface area contributed by atoms with Crippen LogP contribution in [0.3, 0.4) is 0 Å². The summed E-state index contributed by atoms with van der Waals surface area (Å²) in [5, 5.41) is 50.4. The number of ether oxygens (including phenoxy) is 2. The van der Waals surface area contributed by atoms with Crippen LogP contribution < -0.4 is 0 Å². The van der Waals surface area contributed by atoms with Gasteiger partial charge in [0.25, 0.3) is 0 Å². The average Bonchev–Trinajstić information content (AvgIpc) is 3.35. The molecule has 13 nitrogen and oxygen atoms in total. The monoisotopic (exact) mass is 1030 g/mol. The molecular formula is C57H109O13P. The summed E-state index contributed by atoms with van der Waals surface area (Å²) in [6.07, 6.45) is 41.2. The number of carbonyl (C=O) groups excluding carboxylic acids is 2. The zero-order valence-electron chi connectivity index (χ0n) is 45.3. The third kappa shape index (κ3) is 38.8. The molecule has 0 aromatic carbocycles. The van der Waals surface area contributed by atoms with Crippen LogP contribution in [0.5, 0.6) is 0 Å². The SMILES string of the molecule is CCCCCCCC/C=C\CCCCCCCCCCCC(=O)OC(COC(=O)CCCCCCCCCCCCCCCCCCCCCCCCC)COP(=O)(O)OC1C(O)C(O)C(O)C(O)C1O. The van der Waals surface area contributed by atoms with Gasteiger partial charge in [0.15, 0.2) is 6.10 Å². The highest BCUT2D eigenvalue weighted by molar-refractivity contribution is 7.47. The molecule has 1 saturated carbocycles. The van der Waals surface area contributed by atoms with Crippen molar-refractivity contribution >= 4 is 19.8 Å². The maximum Gasteiger partial charge on any atom is 0.472 e. The average molecular weight is 1030 g/mol. The van der Waals surface area contributed by atoms with E-state index in [0.717, 1.165) is 51.4 Å². The number of aliphatic hydroxyl groups excluding tert-OH is 5. The second-order valence-electron chi connectivity index (χ2n) is 20.9. The minimum Gasteiger partial charge on any atom is -0.462 e. The van der Waals surface area contributed by atoms with Gasteiger partial charge in [-0.3, -0.25) is 18.6 Å². The van der Waals surface area contributed by atoms with E-state index in [1.54, 1.807) is 0 Å². The summed E-state index contributed by atoms with van der Waals surface area (Å²) in [6.45, 7) is 3.36. The Hall–Kier alpha value is -1.41. The molecule has 420 valence electrons. The first kappa shape index (κ1) is 67.6. The number of phosphoric acid groups is 1. The Morgan fingerprint density at radius 3 is 1.07 bits per heavy atom. The number of hydrogen-bond donors (Lipinski definition) is 6. The molecule has 6 atom stereocenters. The predicted octanol–water partition coefficient (Wildman–Crippen LogP) is 13.7. The van der Waals surface area contributed by atoms with Gasteiger partial charge < -0.3 is 39.9 Å². The first-order valence-electron chi connectivity index (χ1n) is 29.5. The van der Waals surface area contributed by atoms with Gasteiger partial charge in [0.05, 0.1) is 6.61 Å². The molecule has 14 heteroatoms. The Morgan fingerprint density at radius 2 is 0.718 bits per heavy atom. The van der Waals surface area contributed by atoms with Crippen LogP contribution in [0.4, 0.5) is 0 Å². The largest absolute Gasteiger partial charge is 0.472 e. The van der Waals surface area contributed by atoms with Crippen molar-refractivity contribution in [3.05, 3.63) is 12.2 Å². The lowest BCUT2D eigenvalue weighted by molar-refractivity contribution is -0.220. The predicted molar refractivity (Wildman–Crippen MR) is 286 cm³/mol. The number of hydrogen-bond acceptors (Lipinski definition) is 12. The van der Waals surface area contributed by atoms with Crippen LogP contribution in [0, 0.1) is 0 Å². The van der Waals surface area contributed by atoms with Crippen LogP contribution in [0.2, 0.25) is 0 Å². The molecule has 0 radical (unpaired) electrons. The summed E-state index contributed by atoms with van der Waals surface area (Å²) in [5.41, 5.74) is 0. The summed E-state index contributed by atoms with van der Waals surface area (Å²) in [6, 6.07) is 0. The van der Waals surface area contributed by atoms with Crippen molar-refractivity contribution in [3.8, 4) is 0 Å². The van der Waals surface area contributed by atoms with Gasteiger partial charge in [0.2, 0.25) is 0 Å². The van der Waals surface area contributed by atoms with E-state index in [2.05, 4.69) is 26.0 Å². The molecule has 0 amide bonds. The molecular weight excluding hydrogens is 924 g/mol. The van der Waals surface area contributed by atoms with E-state index >= 15 is 0 Å². The molecule has 1 fully saturated rings. The molecule has 6 unspecified atom stereocenters. The standard InChI is InChI=1S/C57H109O13P/c1-3-5-7-9-11-13-15-17-19-21-23-24-25-26-28-29-31-33-35-37-39-41-43-45-50(58)67-47-49(48-68-71(65,66)70-57-55(63)53(61)52(60)54(62)56(57)64)69-51(59)46-44-42-40-38-36-34-32-30-27-22-20-18-16-14-12-10-8-6-4-2/h18,20,49,52-57,60-64H,3-17,19,21-48H2,1-2H3,(H,65,66)/b20-18-. The Labute approximate surface area is 433 Å². The quantitative estimate of drug-likeness (QED) is 0.0145. The van der Waals surface area contributed by atoms with E-state index in [1.807, 2.05) is 0 Å². The number of rotatable bonds is 51. The van der Waals surface area contributed by atoms with Gasteiger partial charge >= 0.3 is 19.8 Å². The molecule has 0 aliphatic heterocycles. The number of esters is 2. The number of unbranched alkanes of at least 4 members (excludes halogenated alkanes) is 37. The number of phosphoric ester groups is 1. The highest BCUT2D eigenvalue weighted by Gasteiger charge is 2.51. The van der Waals surface area contributed by atoms with Crippen molar-refractivity contribution < 1.29 is 63.1 Å².